The van der Waals surface area contributed by atoms with E-state index in [-0.39, 0.29) is 12.8 Å². The Labute approximate surface area is 123 Å². The van der Waals surface area contributed by atoms with Gasteiger partial charge in [0.25, 0.3) is 11.8 Å². The zero-order chi connectivity index (χ0) is 14.8. The van der Waals surface area contributed by atoms with Crippen LogP contribution >= 0.6 is 0 Å². The van der Waals surface area contributed by atoms with Gasteiger partial charge >= 0.3 is 6.16 Å². The van der Waals surface area contributed by atoms with Crippen LogP contribution in [0.5, 0.6) is 0 Å². The molecule has 0 spiro atoms. The largest absolute Gasteiger partial charge is 0.533 e. The number of fused-ring (bicyclic) bond motifs is 1. The van der Waals surface area contributed by atoms with E-state index in [0.717, 1.165) is 0 Å². The number of hydrogen-bond acceptors (Lipinski definition) is 5. The van der Waals surface area contributed by atoms with Crippen LogP contribution in [0.25, 0.3) is 0 Å². The van der Waals surface area contributed by atoms with Gasteiger partial charge in [0, 0.05) is 12.8 Å². The molecule has 3 rings (SSSR count). The normalized spacial score (nSPS) is 32.2. The Morgan fingerprint density at radius 2 is 1.57 bits per heavy atom. The van der Waals surface area contributed by atoms with E-state index >= 15 is 0 Å². The monoisotopic (exact) mass is 295 g/mol. The topological polar surface area (TPSA) is 72.9 Å². The van der Waals surface area contributed by atoms with Crippen LogP contribution in [-0.4, -0.2) is 29.6 Å². The molecule has 116 valence electrons. The van der Waals surface area contributed by atoms with Crippen molar-refractivity contribution in [1.29, 1.82) is 0 Å². The number of carbonyl (C=O) groups is 3. The first-order valence-corrected chi connectivity index (χ1v) is 7.87. The minimum absolute atomic E-state index is 0.0961. The van der Waals surface area contributed by atoms with Crippen molar-refractivity contribution in [3.63, 3.8) is 0 Å². The molecule has 0 aromatic heterocycles. The van der Waals surface area contributed by atoms with Gasteiger partial charge in [-0.15, -0.1) is 0 Å². The summed E-state index contributed by atoms with van der Waals surface area (Å²) in [5.74, 6) is 0.817. The van der Waals surface area contributed by atoms with Crippen LogP contribution in [0.2, 0.25) is 0 Å². The summed E-state index contributed by atoms with van der Waals surface area (Å²) < 4.78 is 5.09. The summed E-state index contributed by atoms with van der Waals surface area (Å²) in [6, 6.07) is 0. The second-order valence-corrected chi connectivity index (χ2v) is 6.22. The maximum atomic E-state index is 11.6. The number of hydroxylamine groups is 2. The average molecular weight is 295 g/mol. The van der Waals surface area contributed by atoms with E-state index in [4.69, 9.17) is 4.74 Å². The van der Waals surface area contributed by atoms with E-state index < -0.39 is 18.0 Å². The highest BCUT2D eigenvalue weighted by Gasteiger charge is 2.49. The molecule has 3 atom stereocenters. The molecule has 0 aromatic carbocycles. The number of imide groups is 1. The molecular formula is C15H21NO5. The third kappa shape index (κ3) is 3.19. The molecule has 0 bridgehead atoms. The Balaban J connectivity index is 1.42. The van der Waals surface area contributed by atoms with Crippen LogP contribution in [0.4, 0.5) is 4.79 Å². The van der Waals surface area contributed by atoms with Crippen LogP contribution in [0, 0.1) is 17.8 Å². The number of carbonyl (C=O) groups excluding carboxylic acids is 3. The highest BCUT2D eigenvalue weighted by atomic mass is 16.8. The summed E-state index contributed by atoms with van der Waals surface area (Å²) in [6.07, 6.45) is 6.82. The first kappa shape index (κ1) is 14.4. The highest BCUT2D eigenvalue weighted by Crippen LogP contribution is 2.53. The fourth-order valence-corrected chi connectivity index (χ4v) is 3.66. The second kappa shape index (κ2) is 6.03. The van der Waals surface area contributed by atoms with Gasteiger partial charge in [0.2, 0.25) is 0 Å². The van der Waals surface area contributed by atoms with Crippen molar-refractivity contribution < 1.29 is 24.0 Å². The molecule has 6 heteroatoms. The van der Waals surface area contributed by atoms with Gasteiger partial charge in [-0.05, 0) is 30.6 Å². The van der Waals surface area contributed by atoms with Crippen molar-refractivity contribution in [2.24, 2.45) is 17.8 Å². The van der Waals surface area contributed by atoms with Crippen molar-refractivity contribution >= 4 is 18.0 Å². The van der Waals surface area contributed by atoms with E-state index in [9.17, 15) is 14.4 Å². The summed E-state index contributed by atoms with van der Waals surface area (Å²) in [6.45, 7) is 0.338. The fraction of sp³-hybridized carbons (Fsp3) is 0.800. The molecular weight excluding hydrogens is 274 g/mol. The number of nitrogens with zero attached hydrogens (tertiary/aromatic N) is 1. The Kier molecular flexibility index (Phi) is 4.12. The lowest BCUT2D eigenvalue weighted by Gasteiger charge is -2.12. The zero-order valence-electron chi connectivity index (χ0n) is 12.1. The number of ether oxygens (including phenoxy) is 1. The lowest BCUT2D eigenvalue weighted by atomic mass is 10.0. The summed E-state index contributed by atoms with van der Waals surface area (Å²) in [7, 11) is 0. The van der Waals surface area contributed by atoms with Gasteiger partial charge in [0.1, 0.15) is 0 Å². The quantitative estimate of drug-likeness (QED) is 0.590. The van der Waals surface area contributed by atoms with Crippen molar-refractivity contribution in [3.05, 3.63) is 0 Å². The molecule has 3 aliphatic rings. The second-order valence-electron chi connectivity index (χ2n) is 6.22. The standard InChI is InChI=1S/C15H21NO5/c17-13-7-8-14(18)16(13)21-15(19)20-9-12-10-5-3-1-2-4-6-11(10)12/h10-12H,1-9H2/t10-,11+,12-. The van der Waals surface area contributed by atoms with Crippen LogP contribution in [0.3, 0.4) is 0 Å². The molecule has 0 aromatic rings. The van der Waals surface area contributed by atoms with Crippen LogP contribution in [0.1, 0.15) is 51.4 Å². The van der Waals surface area contributed by atoms with E-state index in [1.807, 2.05) is 0 Å². The van der Waals surface area contributed by atoms with Crippen molar-refractivity contribution in [3.8, 4) is 0 Å². The average Bonchev–Trinajstić information content (AvgIpc) is 2.98. The first-order chi connectivity index (χ1) is 10.2. The Hall–Kier alpha value is -1.59. The van der Waals surface area contributed by atoms with Gasteiger partial charge in [-0.3, -0.25) is 14.4 Å². The maximum Gasteiger partial charge on any atom is 0.533 e. The summed E-state index contributed by atoms with van der Waals surface area (Å²) in [5, 5.41) is 0.526. The molecule has 2 saturated carbocycles. The van der Waals surface area contributed by atoms with Gasteiger partial charge < -0.3 is 4.74 Å². The van der Waals surface area contributed by atoms with E-state index in [1.54, 1.807) is 0 Å². The van der Waals surface area contributed by atoms with E-state index in [0.29, 0.717) is 29.4 Å². The molecule has 0 N–H and O–H groups in total. The number of rotatable bonds is 3. The Morgan fingerprint density at radius 3 is 2.14 bits per heavy atom. The minimum atomic E-state index is -0.946. The molecule has 0 unspecified atom stereocenters. The third-order valence-electron chi connectivity index (χ3n) is 4.90. The molecule has 1 saturated heterocycles. The summed E-state index contributed by atoms with van der Waals surface area (Å²) in [5.41, 5.74) is 0. The van der Waals surface area contributed by atoms with Gasteiger partial charge in [0.15, 0.2) is 0 Å². The molecule has 21 heavy (non-hydrogen) atoms. The molecule has 2 amide bonds. The fourth-order valence-electron chi connectivity index (χ4n) is 3.66. The van der Waals surface area contributed by atoms with Crippen LogP contribution in [0.15, 0.2) is 0 Å². The highest BCUT2D eigenvalue weighted by molar-refractivity contribution is 6.01. The predicted octanol–water partition coefficient (Wildman–Crippen LogP) is 2.42. The van der Waals surface area contributed by atoms with Crippen molar-refractivity contribution in [2.75, 3.05) is 6.61 Å². The first-order valence-electron chi connectivity index (χ1n) is 7.87. The van der Waals surface area contributed by atoms with Gasteiger partial charge in [-0.2, -0.15) is 0 Å². The maximum absolute atomic E-state index is 11.6. The van der Waals surface area contributed by atoms with Crippen molar-refractivity contribution in [1.82, 2.24) is 5.06 Å². The molecule has 2 aliphatic carbocycles. The van der Waals surface area contributed by atoms with E-state index in [1.165, 1.54) is 38.5 Å². The molecule has 1 aliphatic heterocycles. The summed E-state index contributed by atoms with van der Waals surface area (Å²) in [4.78, 5) is 38.9. The predicted molar refractivity (Wildman–Crippen MR) is 71.7 cm³/mol. The summed E-state index contributed by atoms with van der Waals surface area (Å²) >= 11 is 0. The van der Waals surface area contributed by atoms with Gasteiger partial charge in [0.05, 0.1) is 6.61 Å². The SMILES string of the molecule is O=C(OC[C@@H]1[C@@H]2CCCCCC[C@@H]21)ON1C(=O)CCC1=O. The third-order valence-corrected chi connectivity index (χ3v) is 4.90. The smallest absolute Gasteiger partial charge is 0.432 e. The lowest BCUT2D eigenvalue weighted by molar-refractivity contribution is -0.177. The number of amides is 2. The molecule has 6 nitrogen and oxygen atoms in total. The Morgan fingerprint density at radius 1 is 1.00 bits per heavy atom. The lowest BCUT2D eigenvalue weighted by Crippen LogP contribution is -2.32. The molecule has 0 radical (unpaired) electrons. The van der Waals surface area contributed by atoms with Crippen LogP contribution in [-0.2, 0) is 19.2 Å². The minimum Gasteiger partial charge on any atom is -0.432 e. The van der Waals surface area contributed by atoms with Gasteiger partial charge in [-0.25, -0.2) is 4.79 Å². The van der Waals surface area contributed by atoms with Gasteiger partial charge in [-0.1, -0.05) is 30.7 Å². The number of hydrogen-bond donors (Lipinski definition) is 0. The van der Waals surface area contributed by atoms with E-state index in [2.05, 4.69) is 4.84 Å². The molecule has 3 fully saturated rings. The zero-order valence-corrected chi connectivity index (χ0v) is 12.1. The van der Waals surface area contributed by atoms with Crippen molar-refractivity contribution in [2.45, 2.75) is 51.4 Å². The Bertz CT molecular complexity index is 419. The molecule has 1 heterocycles. The van der Waals surface area contributed by atoms with Crippen LogP contribution < -0.4 is 0 Å².